The van der Waals surface area contributed by atoms with Crippen molar-refractivity contribution in [1.29, 1.82) is 0 Å². The van der Waals surface area contributed by atoms with Gasteiger partial charge in [0, 0.05) is 4.47 Å². The molecule has 0 aliphatic heterocycles. The molecule has 0 aromatic heterocycles. The fraction of sp³-hybridized carbons (Fsp3) is 0.111. The second-order valence-corrected chi connectivity index (χ2v) is 7.76. The van der Waals surface area contributed by atoms with Gasteiger partial charge in [0.15, 0.2) is 0 Å². The zero-order valence-corrected chi connectivity index (χ0v) is 14.7. The molecule has 0 bridgehead atoms. The Labute approximate surface area is 144 Å². The van der Waals surface area contributed by atoms with Gasteiger partial charge in [0.2, 0.25) is 10.1 Å². The fourth-order valence-electron chi connectivity index (χ4n) is 2.34. The second-order valence-electron chi connectivity index (χ2n) is 5.20. The van der Waals surface area contributed by atoms with E-state index in [0.717, 1.165) is 20.8 Å². The van der Waals surface area contributed by atoms with Crippen molar-refractivity contribution in [1.82, 2.24) is 0 Å². The van der Waals surface area contributed by atoms with Crippen molar-refractivity contribution >= 4 is 36.8 Å². The van der Waals surface area contributed by atoms with E-state index in [0.29, 0.717) is 6.42 Å². The van der Waals surface area contributed by atoms with E-state index in [1.54, 1.807) is 18.2 Å². The van der Waals surface area contributed by atoms with Gasteiger partial charge in [-0.2, -0.15) is 0 Å². The molecule has 0 spiro atoms. The lowest BCUT2D eigenvalue weighted by Crippen LogP contribution is -1.97. The van der Waals surface area contributed by atoms with Crippen LogP contribution in [-0.2, 0) is 16.5 Å². The molecule has 5 heteroatoms. The minimum Gasteiger partial charge on any atom is -0.211 e. The van der Waals surface area contributed by atoms with Gasteiger partial charge in [-0.25, -0.2) is 8.57 Å². The molecule has 1 atom stereocenters. The monoisotopic (exact) mass is 391 g/mol. The Morgan fingerprint density at radius 3 is 2.39 bits per heavy atom. The van der Waals surface area contributed by atoms with Crippen LogP contribution in [0.15, 0.2) is 80.5 Å². The Bertz CT molecular complexity index is 947. The van der Waals surface area contributed by atoms with Crippen LogP contribution in [0.5, 0.6) is 0 Å². The van der Waals surface area contributed by atoms with Crippen molar-refractivity contribution in [3.63, 3.8) is 0 Å². The first-order chi connectivity index (χ1) is 11.0. The Kier molecular flexibility index (Phi) is 4.78. The van der Waals surface area contributed by atoms with Crippen LogP contribution in [0.3, 0.4) is 0 Å². The first-order valence-electron chi connectivity index (χ1n) is 7.20. The molecule has 0 saturated heterocycles. The minimum atomic E-state index is -3.86. The molecule has 118 valence electrons. The van der Waals surface area contributed by atoms with Crippen molar-refractivity contribution in [2.75, 3.05) is 6.54 Å². The predicted octanol–water partition coefficient (Wildman–Crippen LogP) is 5.56. The molecule has 0 amide bonds. The third-order valence-electron chi connectivity index (χ3n) is 3.58. The number of hydrogen-bond acceptors (Lipinski definition) is 2. The van der Waals surface area contributed by atoms with Crippen molar-refractivity contribution in [2.45, 2.75) is 11.3 Å². The SMILES string of the molecule is O=[S@](F)(=NCCc1ccc(Br)cc1)c1ccc2ccccc2c1. The van der Waals surface area contributed by atoms with Crippen LogP contribution in [0.4, 0.5) is 3.89 Å². The van der Waals surface area contributed by atoms with E-state index in [4.69, 9.17) is 0 Å². The van der Waals surface area contributed by atoms with E-state index in [9.17, 15) is 8.09 Å². The van der Waals surface area contributed by atoms with Crippen LogP contribution < -0.4 is 0 Å². The molecule has 0 aliphatic carbocycles. The maximum atomic E-state index is 14.5. The second kappa shape index (κ2) is 6.81. The summed E-state index contributed by atoms with van der Waals surface area (Å²) in [5.74, 6) is 0. The number of fused-ring (bicyclic) bond motifs is 1. The normalized spacial score (nSPS) is 13.7. The molecule has 0 aliphatic rings. The number of halogens is 2. The maximum absolute atomic E-state index is 14.5. The highest BCUT2D eigenvalue weighted by atomic mass is 79.9. The zero-order chi connectivity index (χ0) is 16.3. The third-order valence-corrected chi connectivity index (χ3v) is 5.46. The summed E-state index contributed by atoms with van der Waals surface area (Å²) in [6, 6.07) is 20.2. The van der Waals surface area contributed by atoms with Gasteiger partial charge in [-0.1, -0.05) is 58.4 Å². The topological polar surface area (TPSA) is 29.4 Å². The Balaban J connectivity index is 1.81. The molecule has 23 heavy (non-hydrogen) atoms. The van der Waals surface area contributed by atoms with Crippen LogP contribution in [0, 0.1) is 0 Å². The molecule has 0 unspecified atom stereocenters. The highest BCUT2D eigenvalue weighted by Gasteiger charge is 2.11. The smallest absolute Gasteiger partial charge is 0.211 e. The Hall–Kier alpha value is -1.72. The largest absolute Gasteiger partial charge is 0.230 e. The van der Waals surface area contributed by atoms with Crippen LogP contribution in [0.25, 0.3) is 10.8 Å². The fourth-order valence-corrected chi connectivity index (χ4v) is 3.59. The summed E-state index contributed by atoms with van der Waals surface area (Å²) in [6.45, 7) is 0.184. The average molecular weight is 392 g/mol. The number of rotatable bonds is 4. The summed E-state index contributed by atoms with van der Waals surface area (Å²) >= 11 is 3.37. The van der Waals surface area contributed by atoms with Crippen LogP contribution in [0.2, 0.25) is 0 Å². The predicted molar refractivity (Wildman–Crippen MR) is 96.6 cm³/mol. The van der Waals surface area contributed by atoms with Gasteiger partial charge in [0.05, 0.1) is 11.4 Å². The summed E-state index contributed by atoms with van der Waals surface area (Å²) in [6.07, 6.45) is 0.557. The molecule has 0 saturated carbocycles. The van der Waals surface area contributed by atoms with E-state index < -0.39 is 10.1 Å². The molecule has 3 aromatic rings. The molecule has 3 aromatic carbocycles. The highest BCUT2D eigenvalue weighted by Crippen LogP contribution is 2.22. The zero-order valence-electron chi connectivity index (χ0n) is 12.3. The lowest BCUT2D eigenvalue weighted by Gasteiger charge is -2.04. The lowest BCUT2D eigenvalue weighted by atomic mass is 10.1. The molecule has 2 nitrogen and oxygen atoms in total. The summed E-state index contributed by atoms with van der Waals surface area (Å²) < 4.78 is 31.5. The summed E-state index contributed by atoms with van der Waals surface area (Å²) in [7, 11) is -3.86. The van der Waals surface area contributed by atoms with Crippen molar-refractivity contribution in [3.05, 3.63) is 76.8 Å². The molecular weight excluding hydrogens is 377 g/mol. The van der Waals surface area contributed by atoms with E-state index in [2.05, 4.69) is 20.3 Å². The molecular formula is C18H15BrFNOS. The van der Waals surface area contributed by atoms with Crippen LogP contribution >= 0.6 is 15.9 Å². The van der Waals surface area contributed by atoms with Crippen LogP contribution in [-0.4, -0.2) is 10.8 Å². The lowest BCUT2D eigenvalue weighted by molar-refractivity contribution is 0.635. The quantitative estimate of drug-likeness (QED) is 0.535. The van der Waals surface area contributed by atoms with Crippen molar-refractivity contribution < 1.29 is 8.09 Å². The van der Waals surface area contributed by atoms with Gasteiger partial charge in [0.1, 0.15) is 0 Å². The summed E-state index contributed by atoms with van der Waals surface area (Å²) in [5.41, 5.74) is 1.03. The van der Waals surface area contributed by atoms with Crippen LogP contribution in [0.1, 0.15) is 5.56 Å². The van der Waals surface area contributed by atoms with Crippen molar-refractivity contribution in [2.24, 2.45) is 4.36 Å². The first-order valence-corrected chi connectivity index (χ1v) is 9.41. The van der Waals surface area contributed by atoms with Gasteiger partial charge in [-0.3, -0.25) is 0 Å². The van der Waals surface area contributed by atoms with E-state index >= 15 is 0 Å². The summed E-state index contributed by atoms with van der Waals surface area (Å²) in [5, 5.41) is 1.85. The Morgan fingerprint density at radius 2 is 1.65 bits per heavy atom. The maximum Gasteiger partial charge on any atom is 0.230 e. The number of nitrogens with zero attached hydrogens (tertiary/aromatic N) is 1. The average Bonchev–Trinajstić information content (AvgIpc) is 2.56. The molecule has 0 N–H and O–H groups in total. The number of hydrogen-bond donors (Lipinski definition) is 0. The van der Waals surface area contributed by atoms with E-state index in [1.807, 2.05) is 48.5 Å². The van der Waals surface area contributed by atoms with E-state index in [-0.39, 0.29) is 11.4 Å². The minimum absolute atomic E-state index is 0.131. The highest BCUT2D eigenvalue weighted by molar-refractivity contribution is 9.10. The molecule has 0 heterocycles. The Morgan fingerprint density at radius 1 is 0.957 bits per heavy atom. The van der Waals surface area contributed by atoms with Crippen molar-refractivity contribution in [3.8, 4) is 0 Å². The standard InChI is InChI=1S/C18H15BrFNOS/c19-17-8-5-14(6-9-17)11-12-21-23(20,22)18-10-7-15-3-1-2-4-16(15)13-18/h1-10,13H,11-12H2/t23-/m1/s1. The first kappa shape index (κ1) is 16.1. The van der Waals surface area contributed by atoms with E-state index in [1.165, 1.54) is 0 Å². The van der Waals surface area contributed by atoms with Gasteiger partial charge >= 0.3 is 0 Å². The van der Waals surface area contributed by atoms with Gasteiger partial charge in [0.25, 0.3) is 0 Å². The number of benzene rings is 3. The third kappa shape index (κ3) is 3.98. The van der Waals surface area contributed by atoms with Gasteiger partial charge in [-0.05, 0) is 47.0 Å². The summed E-state index contributed by atoms with van der Waals surface area (Å²) in [4.78, 5) is 0.131. The molecule has 0 fully saturated rings. The van der Waals surface area contributed by atoms with Gasteiger partial charge in [-0.15, -0.1) is 3.89 Å². The molecule has 0 radical (unpaired) electrons. The van der Waals surface area contributed by atoms with Gasteiger partial charge < -0.3 is 0 Å². The molecule has 3 rings (SSSR count).